The molecule has 92 heavy (non-hydrogen) atoms. The fourth-order valence-electron chi connectivity index (χ4n) is 11.8. The Balaban J connectivity index is 0.000000225. The van der Waals surface area contributed by atoms with Crippen LogP contribution in [-0.2, 0) is 14.4 Å². The van der Waals surface area contributed by atoms with Crippen LogP contribution in [0.3, 0.4) is 0 Å². The molecule has 2 aliphatic heterocycles. The van der Waals surface area contributed by atoms with Gasteiger partial charge in [0.15, 0.2) is 17.5 Å². The van der Waals surface area contributed by atoms with Gasteiger partial charge in [0.1, 0.15) is 71.7 Å². The highest BCUT2D eigenvalue weighted by Crippen LogP contribution is 2.43. The van der Waals surface area contributed by atoms with E-state index in [1.165, 1.54) is 30.4 Å². The number of nitrogens with one attached hydrogen (secondary N) is 7. The Morgan fingerprint density at radius 2 is 1.04 bits per heavy atom. The lowest BCUT2D eigenvalue weighted by molar-refractivity contribution is -0.141. The number of anilines is 3. The van der Waals surface area contributed by atoms with E-state index in [-0.39, 0.29) is 19.1 Å². The van der Waals surface area contributed by atoms with Gasteiger partial charge in [0, 0.05) is 108 Å². The van der Waals surface area contributed by atoms with Crippen molar-refractivity contribution < 1.29 is 61.0 Å². The van der Waals surface area contributed by atoms with Crippen molar-refractivity contribution in [3.8, 4) is 34.2 Å². The van der Waals surface area contributed by atoms with Gasteiger partial charge in [-0.3, -0.25) is 14.4 Å². The van der Waals surface area contributed by atoms with Gasteiger partial charge in [0.2, 0.25) is 17.7 Å². The van der Waals surface area contributed by atoms with Crippen molar-refractivity contribution in [3.63, 3.8) is 0 Å². The highest BCUT2D eigenvalue weighted by atomic mass is 35.5. The van der Waals surface area contributed by atoms with E-state index in [4.69, 9.17) is 39.8 Å². The molecule has 494 valence electrons. The zero-order chi connectivity index (χ0) is 65.1. The molecular weight excluding hydrogens is 1310 g/mol. The van der Waals surface area contributed by atoms with Crippen LogP contribution in [0.5, 0.6) is 0 Å². The van der Waals surface area contributed by atoms with E-state index < -0.39 is 73.5 Å². The number of aromatic amines is 3. The molecule has 9 aromatic rings. The van der Waals surface area contributed by atoms with Crippen LogP contribution in [0.15, 0.2) is 92.2 Å². The van der Waals surface area contributed by atoms with Crippen LogP contribution in [0.4, 0.5) is 57.0 Å². The van der Waals surface area contributed by atoms with E-state index in [2.05, 4.69) is 65.5 Å². The summed E-state index contributed by atoms with van der Waals surface area (Å²) in [5, 5.41) is 12.7. The Morgan fingerprint density at radius 1 is 0.587 bits per heavy atom. The number of aromatic nitrogens is 12. The summed E-state index contributed by atoms with van der Waals surface area (Å²) in [5.74, 6) is 1.60. The number of thioether (sulfide) groups is 1. The predicted molar refractivity (Wildman–Crippen MR) is 339 cm³/mol. The minimum atomic E-state index is -4.47. The summed E-state index contributed by atoms with van der Waals surface area (Å²) in [6.07, 6.45) is 7.74. The van der Waals surface area contributed by atoms with Gasteiger partial charge in [-0.05, 0) is 74.4 Å². The molecule has 2 saturated carbocycles. The van der Waals surface area contributed by atoms with Gasteiger partial charge in [-0.1, -0.05) is 60.5 Å². The summed E-state index contributed by atoms with van der Waals surface area (Å²) in [5.41, 5.74) is 2.81. The van der Waals surface area contributed by atoms with Gasteiger partial charge >= 0.3 is 18.5 Å². The number of fused-ring (bicyclic) bond motifs is 4. The number of alkyl halides is 9. The molecule has 4 fully saturated rings. The number of halogens is 12. The predicted octanol–water partition coefficient (Wildman–Crippen LogP) is 13.0. The smallest absolute Gasteiger partial charge is 0.356 e. The normalized spacial score (nSPS) is 18.9. The number of nitrogens with zero attached hydrogens (tertiary/aromatic N) is 11. The third-order valence-electron chi connectivity index (χ3n) is 15.9. The van der Waals surface area contributed by atoms with Crippen molar-refractivity contribution in [2.75, 3.05) is 46.4 Å². The van der Waals surface area contributed by atoms with Gasteiger partial charge in [-0.25, -0.2) is 44.9 Å². The molecule has 34 heteroatoms. The van der Waals surface area contributed by atoms with E-state index in [9.17, 15) is 53.9 Å². The molecule has 21 nitrogen and oxygen atoms in total. The molecule has 13 rings (SSSR count). The topological polar surface area (TPSA) is 269 Å². The standard InChI is InChI=1S/C22H22ClF3N6O.C19H18ClF3N6O.C17H14ClF3N6OS.5H2/c23-13-8-14-15(10-29-19(14)28-9-13)20-27-6-5-18(31-20)32-16-4-2-1-3-12(16)7-17(32)21(33)30-11-22(24,25)26;20-11-7-12-13(9-26-15(12)25-8-11)16-24-6-3-14(28-16)29-18(4-1-2-5-18)17(30)27-10-19(21,22)23;18-9-3-10-11(5-24-14(10)23-4-9)15-22-2-1-13(26-15)27-8-29-6-12(27)16(28)25-7-17(19,20)21;;;;;/h5-6,8-10,12,16-17H,1-4,7,11H2,(H,28,29)(H,30,33);3,6-9H,1-2,4-5,10H2,(H,25,26)(H,27,30)(H,24,28,29);1-5,12H,6-8H2,(H,23,24)(H,25,28);5*1H/t12-,16-,17-;;12-;;;;;/m0.0...../s1. The number of carbonyl (C=O) groups excluding carboxylic acids is 3. The first-order chi connectivity index (χ1) is 43.9. The molecule has 0 bridgehead atoms. The van der Waals surface area contributed by atoms with Gasteiger partial charge < -0.3 is 46.0 Å². The molecule has 2 aliphatic carbocycles. The first kappa shape index (κ1) is 65.2. The second-order valence-corrected chi connectivity index (χ2v) is 24.4. The molecule has 7 N–H and O–H groups in total. The lowest BCUT2D eigenvalue weighted by Gasteiger charge is -2.34. The zero-order valence-corrected chi connectivity index (χ0v) is 51.0. The first-order valence-corrected chi connectivity index (χ1v) is 31.0. The Hall–Kier alpha value is -8.29. The van der Waals surface area contributed by atoms with E-state index in [1.54, 1.807) is 78.5 Å². The number of hydrogen-bond acceptors (Lipinski definition) is 16. The molecule has 9 aromatic heterocycles. The third-order valence-corrected chi connectivity index (χ3v) is 17.6. The molecule has 3 amide bonds. The van der Waals surface area contributed by atoms with Crippen LogP contribution in [0.1, 0.15) is 64.9 Å². The molecular formula is C58H64Cl3F9N18O3S. The van der Waals surface area contributed by atoms with E-state index in [1.807, 2.05) is 15.5 Å². The van der Waals surface area contributed by atoms with E-state index >= 15 is 0 Å². The van der Waals surface area contributed by atoms with Gasteiger partial charge in [0.25, 0.3) is 0 Å². The van der Waals surface area contributed by atoms with Crippen LogP contribution in [-0.4, -0.2) is 151 Å². The van der Waals surface area contributed by atoms with Crippen LogP contribution in [0.2, 0.25) is 15.1 Å². The molecule has 0 spiro atoms. The van der Waals surface area contributed by atoms with Crippen molar-refractivity contribution in [3.05, 3.63) is 107 Å². The molecule has 4 aliphatic rings. The van der Waals surface area contributed by atoms with Crippen LogP contribution < -0.4 is 31.1 Å². The molecule has 0 aromatic carbocycles. The Kier molecular flexibility index (Phi) is 19.2. The number of pyridine rings is 3. The summed E-state index contributed by atoms with van der Waals surface area (Å²) >= 11 is 19.6. The molecule has 4 atom stereocenters. The molecule has 0 radical (unpaired) electrons. The minimum absolute atomic E-state index is 0. The average molecular weight is 1370 g/mol. The highest BCUT2D eigenvalue weighted by Gasteiger charge is 2.47. The number of rotatable bonds is 13. The highest BCUT2D eigenvalue weighted by molar-refractivity contribution is 7.99. The van der Waals surface area contributed by atoms with Crippen molar-refractivity contribution in [2.45, 2.75) is 100.0 Å². The Labute approximate surface area is 543 Å². The number of carbonyl (C=O) groups is 3. The van der Waals surface area contributed by atoms with Crippen molar-refractivity contribution >= 4 is 115 Å². The molecule has 11 heterocycles. The van der Waals surface area contributed by atoms with E-state index in [0.29, 0.717) is 115 Å². The maximum atomic E-state index is 12.8. The Morgan fingerprint density at radius 3 is 1.57 bits per heavy atom. The summed E-state index contributed by atoms with van der Waals surface area (Å²) in [7, 11) is 0. The fourth-order valence-corrected chi connectivity index (χ4v) is 13.5. The second kappa shape index (κ2) is 27.1. The molecule has 0 unspecified atom stereocenters. The van der Waals surface area contributed by atoms with Gasteiger partial charge in [-0.2, -0.15) is 39.5 Å². The van der Waals surface area contributed by atoms with Crippen LogP contribution in [0.25, 0.3) is 67.3 Å². The van der Waals surface area contributed by atoms with E-state index in [0.717, 1.165) is 54.7 Å². The van der Waals surface area contributed by atoms with Crippen LogP contribution >= 0.6 is 46.6 Å². The Bertz CT molecular complexity index is 4180. The minimum Gasteiger partial charge on any atom is -0.356 e. The van der Waals surface area contributed by atoms with Gasteiger partial charge in [-0.15, -0.1) is 11.8 Å². The number of amides is 3. The summed E-state index contributed by atoms with van der Waals surface area (Å²) < 4.78 is 113. The maximum absolute atomic E-state index is 12.8. The first-order valence-electron chi connectivity index (χ1n) is 28.7. The van der Waals surface area contributed by atoms with Crippen molar-refractivity contribution in [1.82, 2.24) is 75.8 Å². The number of hydrogen-bond donors (Lipinski definition) is 7. The van der Waals surface area contributed by atoms with Crippen LogP contribution in [0, 0.1) is 5.92 Å². The largest absolute Gasteiger partial charge is 0.405 e. The average Bonchev–Trinajstić information content (AvgIpc) is 1.66. The van der Waals surface area contributed by atoms with Gasteiger partial charge in [0.05, 0.1) is 20.9 Å². The molecule has 2 saturated heterocycles. The maximum Gasteiger partial charge on any atom is 0.405 e. The quantitative estimate of drug-likeness (QED) is 0.0529. The lowest BCUT2D eigenvalue weighted by atomic mass is 9.84. The third kappa shape index (κ3) is 15.3. The summed E-state index contributed by atoms with van der Waals surface area (Å²) in [6, 6.07) is 8.78. The summed E-state index contributed by atoms with van der Waals surface area (Å²) in [4.78, 5) is 89.7. The fraction of sp³-hybridized carbons (Fsp3) is 0.379. The lowest BCUT2D eigenvalue weighted by Crippen LogP contribution is -2.52. The second-order valence-electron chi connectivity index (χ2n) is 22.1. The van der Waals surface area contributed by atoms with Crippen molar-refractivity contribution in [1.29, 1.82) is 0 Å². The van der Waals surface area contributed by atoms with Crippen molar-refractivity contribution in [2.24, 2.45) is 5.92 Å². The summed E-state index contributed by atoms with van der Waals surface area (Å²) in [6.45, 7) is -4.07. The zero-order valence-electron chi connectivity index (χ0n) is 48.0. The monoisotopic (exact) mass is 1370 g/mol. The SMILES string of the molecule is O=C(NCC(F)(F)F)C1(Nc2ccnc(-c3c[nH]c4ncc(Cl)cc34)n2)CCCC1.O=C(NCC(F)(F)F)[C@@H]1CSCN1c1ccnc(-c2c[nH]c3ncc(Cl)cc23)n1.O=C(NCC(F)(F)F)[C@@H]1C[C@@H]2CCCC[C@@H]2N1c1ccnc(-c2c[nH]c3ncc(Cl)cc23)n1.[HH].[HH].[HH].[HH].[HH]. The number of H-pyrrole nitrogens is 3.